The molecular weight excluding hydrogens is 264 g/mol. The molecule has 0 fully saturated rings. The van der Waals surface area contributed by atoms with Crippen LogP contribution >= 0.6 is 0 Å². The normalized spacial score (nSPS) is 11.1. The maximum absolute atomic E-state index is 12.1. The van der Waals surface area contributed by atoms with E-state index in [1.165, 1.54) is 12.4 Å². The Morgan fingerprint density at radius 3 is 2.95 bits per heavy atom. The van der Waals surface area contributed by atoms with Gasteiger partial charge >= 0.3 is 5.97 Å². The van der Waals surface area contributed by atoms with Gasteiger partial charge in [0.25, 0.3) is 5.56 Å². The second-order valence-electron chi connectivity index (χ2n) is 3.86. The van der Waals surface area contributed by atoms with E-state index in [1.807, 2.05) is 0 Å². The fourth-order valence-corrected chi connectivity index (χ4v) is 1.62. The molecule has 7 heteroatoms. The van der Waals surface area contributed by atoms with Gasteiger partial charge < -0.3 is 14.9 Å². The number of carboxylic acids is 1. The van der Waals surface area contributed by atoms with Gasteiger partial charge in [0.15, 0.2) is 0 Å². The Balaban J connectivity index is 2.47. The van der Waals surface area contributed by atoms with Crippen molar-refractivity contribution < 1.29 is 19.7 Å². The molecule has 0 bridgehead atoms. The van der Waals surface area contributed by atoms with Gasteiger partial charge in [-0.05, 0) is 18.2 Å². The summed E-state index contributed by atoms with van der Waals surface area (Å²) in [7, 11) is 0. The largest absolute Gasteiger partial charge is 0.491 e. The maximum atomic E-state index is 12.1. The minimum absolute atomic E-state index is 0.124. The summed E-state index contributed by atoms with van der Waals surface area (Å²) in [6.45, 7) is -0.00443. The van der Waals surface area contributed by atoms with Crippen LogP contribution in [-0.4, -0.2) is 38.9 Å². The fraction of sp³-hybridized carbons (Fsp3) is 0.154. The summed E-state index contributed by atoms with van der Waals surface area (Å²) in [4.78, 5) is 26.6. The third-order valence-electron chi connectivity index (χ3n) is 2.49. The minimum atomic E-state index is -1.16. The molecule has 0 atom stereocenters. The van der Waals surface area contributed by atoms with Crippen molar-refractivity contribution in [3.63, 3.8) is 0 Å². The van der Waals surface area contributed by atoms with E-state index in [2.05, 4.69) is 4.98 Å². The highest BCUT2D eigenvalue weighted by atomic mass is 16.5. The molecule has 1 aromatic heterocycles. The smallest absolute Gasteiger partial charge is 0.329 e. The zero-order valence-corrected chi connectivity index (χ0v) is 10.4. The maximum Gasteiger partial charge on any atom is 0.329 e. The second kappa shape index (κ2) is 5.98. The van der Waals surface area contributed by atoms with Crippen molar-refractivity contribution in [3.05, 3.63) is 41.0 Å². The molecule has 0 aliphatic heterocycles. The Bertz CT molecular complexity index is 720. The van der Waals surface area contributed by atoms with Crippen LogP contribution in [0.25, 0.3) is 17.1 Å². The van der Waals surface area contributed by atoms with Gasteiger partial charge in [-0.25, -0.2) is 9.78 Å². The molecular formula is C13H12N2O5. The molecule has 0 amide bonds. The summed E-state index contributed by atoms with van der Waals surface area (Å²) in [5.74, 6) is -0.720. The van der Waals surface area contributed by atoms with Gasteiger partial charge in [0.05, 0.1) is 17.5 Å². The van der Waals surface area contributed by atoms with E-state index >= 15 is 0 Å². The van der Waals surface area contributed by atoms with Crippen LogP contribution in [0.4, 0.5) is 0 Å². The molecule has 0 spiro atoms. The number of nitrogens with zero attached hydrogens (tertiary/aromatic N) is 2. The fourth-order valence-electron chi connectivity index (χ4n) is 1.62. The monoisotopic (exact) mass is 276 g/mol. The number of aliphatic hydroxyl groups excluding tert-OH is 1. The number of aliphatic carboxylic acids is 1. The Morgan fingerprint density at radius 1 is 1.45 bits per heavy atom. The summed E-state index contributed by atoms with van der Waals surface area (Å²) in [5.41, 5.74) is 0.0771. The van der Waals surface area contributed by atoms with Crippen LogP contribution in [0.3, 0.4) is 0 Å². The number of rotatable bonds is 5. The van der Waals surface area contributed by atoms with Gasteiger partial charge in [-0.2, -0.15) is 0 Å². The lowest BCUT2D eigenvalue weighted by Gasteiger charge is -2.06. The van der Waals surface area contributed by atoms with Gasteiger partial charge in [0, 0.05) is 12.3 Å². The molecule has 2 aromatic rings. The van der Waals surface area contributed by atoms with E-state index in [0.717, 1.165) is 16.8 Å². The first-order chi connectivity index (χ1) is 9.61. The standard InChI is InChI=1S/C13H12N2O5/c16-5-6-20-9-1-2-11-10(7-9)13(19)15(8-14-11)4-3-12(17)18/h1-4,7-8,16H,5-6H2,(H,17,18)/b4-3+. The summed E-state index contributed by atoms with van der Waals surface area (Å²) < 4.78 is 6.29. The van der Waals surface area contributed by atoms with Crippen molar-refractivity contribution in [2.24, 2.45) is 0 Å². The highest BCUT2D eigenvalue weighted by molar-refractivity contribution is 5.83. The van der Waals surface area contributed by atoms with Crippen molar-refractivity contribution >= 4 is 23.1 Å². The lowest BCUT2D eigenvalue weighted by Crippen LogP contribution is -2.16. The number of fused-ring (bicyclic) bond motifs is 1. The van der Waals surface area contributed by atoms with Gasteiger partial charge in [0.1, 0.15) is 18.7 Å². The average molecular weight is 276 g/mol. The molecule has 0 aliphatic carbocycles. The van der Waals surface area contributed by atoms with Crippen molar-refractivity contribution in [1.29, 1.82) is 0 Å². The summed E-state index contributed by atoms with van der Waals surface area (Å²) in [6.07, 6.45) is 3.22. The van der Waals surface area contributed by atoms with Gasteiger partial charge in [-0.3, -0.25) is 9.36 Å². The molecule has 0 radical (unpaired) electrons. The van der Waals surface area contributed by atoms with Crippen LogP contribution in [0.5, 0.6) is 5.75 Å². The van der Waals surface area contributed by atoms with E-state index in [1.54, 1.807) is 12.1 Å². The molecule has 2 rings (SSSR count). The Hall–Kier alpha value is -2.67. The number of carboxylic acid groups (broad SMARTS) is 1. The van der Waals surface area contributed by atoms with Gasteiger partial charge in [0.2, 0.25) is 0 Å². The SMILES string of the molecule is O=C(O)/C=C/n1cnc2ccc(OCCO)cc2c1=O. The zero-order valence-electron chi connectivity index (χ0n) is 10.4. The van der Waals surface area contributed by atoms with Crippen molar-refractivity contribution in [1.82, 2.24) is 9.55 Å². The van der Waals surface area contributed by atoms with Crippen LogP contribution in [0, 0.1) is 0 Å². The quantitative estimate of drug-likeness (QED) is 0.763. The molecule has 7 nitrogen and oxygen atoms in total. The van der Waals surface area contributed by atoms with E-state index in [9.17, 15) is 9.59 Å². The van der Waals surface area contributed by atoms with Crippen LogP contribution in [0.1, 0.15) is 0 Å². The number of hydrogen-bond acceptors (Lipinski definition) is 5. The molecule has 1 heterocycles. The molecule has 2 N–H and O–H groups in total. The summed E-state index contributed by atoms with van der Waals surface area (Å²) in [5, 5.41) is 17.6. The number of ether oxygens (including phenoxy) is 1. The van der Waals surface area contributed by atoms with E-state index < -0.39 is 11.5 Å². The summed E-state index contributed by atoms with van der Waals surface area (Å²) >= 11 is 0. The molecule has 1 aromatic carbocycles. The number of benzene rings is 1. The highest BCUT2D eigenvalue weighted by Gasteiger charge is 2.05. The minimum Gasteiger partial charge on any atom is -0.491 e. The topological polar surface area (TPSA) is 102 Å². The zero-order chi connectivity index (χ0) is 14.5. The molecule has 0 aliphatic rings. The average Bonchev–Trinajstić information content (AvgIpc) is 2.44. The Labute approximate surface area is 113 Å². The van der Waals surface area contributed by atoms with Gasteiger partial charge in [-0.15, -0.1) is 0 Å². The molecule has 104 valence electrons. The molecule has 20 heavy (non-hydrogen) atoms. The first-order valence-electron chi connectivity index (χ1n) is 5.77. The van der Waals surface area contributed by atoms with E-state index in [4.69, 9.17) is 14.9 Å². The van der Waals surface area contributed by atoms with Crippen molar-refractivity contribution in [3.8, 4) is 5.75 Å². The van der Waals surface area contributed by atoms with Crippen LogP contribution < -0.4 is 10.3 Å². The molecule has 0 unspecified atom stereocenters. The van der Waals surface area contributed by atoms with E-state index in [0.29, 0.717) is 16.7 Å². The first kappa shape index (κ1) is 13.8. The predicted molar refractivity (Wildman–Crippen MR) is 71.5 cm³/mol. The Kier molecular flexibility index (Phi) is 4.11. The number of aromatic nitrogens is 2. The first-order valence-corrected chi connectivity index (χ1v) is 5.77. The lowest BCUT2D eigenvalue weighted by atomic mass is 10.2. The predicted octanol–water partition coefficient (Wildman–Crippen LogP) is 0.323. The third-order valence-corrected chi connectivity index (χ3v) is 2.49. The molecule has 0 saturated carbocycles. The third kappa shape index (κ3) is 3.01. The summed E-state index contributed by atoms with van der Waals surface area (Å²) in [6, 6.07) is 4.77. The van der Waals surface area contributed by atoms with Crippen LogP contribution in [0.15, 0.2) is 35.4 Å². The van der Waals surface area contributed by atoms with Crippen LogP contribution in [-0.2, 0) is 4.79 Å². The number of carbonyl (C=O) groups is 1. The van der Waals surface area contributed by atoms with E-state index in [-0.39, 0.29) is 13.2 Å². The van der Waals surface area contributed by atoms with Crippen molar-refractivity contribution in [2.45, 2.75) is 0 Å². The van der Waals surface area contributed by atoms with Crippen LogP contribution in [0.2, 0.25) is 0 Å². The van der Waals surface area contributed by atoms with Crippen molar-refractivity contribution in [2.75, 3.05) is 13.2 Å². The number of hydrogen-bond donors (Lipinski definition) is 2. The Morgan fingerprint density at radius 2 is 2.25 bits per heavy atom. The second-order valence-corrected chi connectivity index (χ2v) is 3.86. The number of aliphatic hydroxyl groups is 1. The molecule has 0 saturated heterocycles. The van der Waals surface area contributed by atoms with Gasteiger partial charge in [-0.1, -0.05) is 0 Å². The highest BCUT2D eigenvalue weighted by Crippen LogP contribution is 2.16. The lowest BCUT2D eigenvalue weighted by molar-refractivity contribution is -0.131.